The van der Waals surface area contributed by atoms with Crippen LogP contribution in [0.1, 0.15) is 55.2 Å². The van der Waals surface area contributed by atoms with Crippen LogP contribution in [-0.2, 0) is 10.2 Å². The summed E-state index contributed by atoms with van der Waals surface area (Å²) in [6.07, 6.45) is 0. The third kappa shape index (κ3) is 6.20. The highest BCUT2D eigenvalue weighted by Gasteiger charge is 2.17. The average molecular weight is 431 g/mol. The fraction of sp³-hybridized carbons (Fsp3) is 0.259. The molecule has 0 aliphatic carbocycles. The number of para-hydroxylation sites is 1. The summed E-state index contributed by atoms with van der Waals surface area (Å²) in [4.78, 5) is 25.3. The molecule has 1 unspecified atom stereocenters. The van der Waals surface area contributed by atoms with Gasteiger partial charge in [0.05, 0.1) is 17.3 Å². The van der Waals surface area contributed by atoms with Crippen molar-refractivity contribution in [2.24, 2.45) is 0 Å². The van der Waals surface area contributed by atoms with E-state index < -0.39 is 0 Å². The van der Waals surface area contributed by atoms with Crippen LogP contribution in [0.5, 0.6) is 5.75 Å². The number of anilines is 1. The van der Waals surface area contributed by atoms with Crippen LogP contribution in [0.25, 0.3) is 0 Å². The minimum Gasteiger partial charge on any atom is -0.484 e. The molecular formula is C27H30N2O3. The number of benzene rings is 3. The summed E-state index contributed by atoms with van der Waals surface area (Å²) < 4.78 is 5.62. The molecule has 0 saturated heterocycles. The topological polar surface area (TPSA) is 67.4 Å². The van der Waals surface area contributed by atoms with Crippen molar-refractivity contribution in [2.45, 2.75) is 39.2 Å². The molecule has 3 aromatic carbocycles. The highest BCUT2D eigenvalue weighted by atomic mass is 16.5. The molecule has 2 amide bonds. The van der Waals surface area contributed by atoms with E-state index >= 15 is 0 Å². The van der Waals surface area contributed by atoms with E-state index in [0.717, 1.165) is 5.56 Å². The fourth-order valence-electron chi connectivity index (χ4n) is 3.28. The van der Waals surface area contributed by atoms with E-state index in [9.17, 15) is 9.59 Å². The summed E-state index contributed by atoms with van der Waals surface area (Å²) in [6.45, 7) is 8.21. The number of ether oxygens (including phenoxy) is 1. The van der Waals surface area contributed by atoms with Crippen molar-refractivity contribution in [3.8, 4) is 5.75 Å². The Labute approximate surface area is 189 Å². The first-order valence-electron chi connectivity index (χ1n) is 10.7. The first kappa shape index (κ1) is 23.1. The van der Waals surface area contributed by atoms with Crippen molar-refractivity contribution in [2.75, 3.05) is 11.9 Å². The number of hydrogen-bond acceptors (Lipinski definition) is 3. The van der Waals surface area contributed by atoms with Crippen molar-refractivity contribution >= 4 is 17.5 Å². The lowest BCUT2D eigenvalue weighted by Crippen LogP contribution is -2.28. The second kappa shape index (κ2) is 10.1. The molecule has 0 spiro atoms. The molecule has 0 bridgehead atoms. The molecule has 0 fully saturated rings. The van der Waals surface area contributed by atoms with Gasteiger partial charge in [0.15, 0.2) is 6.61 Å². The average Bonchev–Trinajstić information content (AvgIpc) is 2.78. The maximum absolute atomic E-state index is 12.8. The summed E-state index contributed by atoms with van der Waals surface area (Å²) >= 11 is 0. The maximum Gasteiger partial charge on any atom is 0.262 e. The molecule has 2 N–H and O–H groups in total. The van der Waals surface area contributed by atoms with E-state index in [1.165, 1.54) is 5.56 Å². The fourth-order valence-corrected chi connectivity index (χ4v) is 3.28. The highest BCUT2D eigenvalue weighted by Crippen LogP contribution is 2.24. The molecule has 0 heterocycles. The third-order valence-corrected chi connectivity index (χ3v) is 5.18. The standard InChI is InChI=1S/C27H30N2O3/c1-19(20-10-6-5-7-11-20)28-26(31)23-12-8-9-13-24(23)29-25(30)18-32-22-16-14-21(15-17-22)27(2,3)4/h5-17,19H,18H2,1-4H3,(H,28,31)(H,29,30). The van der Waals surface area contributed by atoms with Gasteiger partial charge in [-0.15, -0.1) is 0 Å². The summed E-state index contributed by atoms with van der Waals surface area (Å²) in [5, 5.41) is 5.77. The first-order valence-corrected chi connectivity index (χ1v) is 10.7. The molecule has 5 heteroatoms. The van der Waals surface area contributed by atoms with E-state index in [4.69, 9.17) is 4.74 Å². The van der Waals surface area contributed by atoms with Gasteiger partial charge in [-0.05, 0) is 47.7 Å². The SMILES string of the molecule is CC(NC(=O)c1ccccc1NC(=O)COc1ccc(C(C)(C)C)cc1)c1ccccc1. The van der Waals surface area contributed by atoms with Crippen LogP contribution in [0.3, 0.4) is 0 Å². The molecule has 0 aliphatic heterocycles. The van der Waals surface area contributed by atoms with Gasteiger partial charge >= 0.3 is 0 Å². The minimum absolute atomic E-state index is 0.0538. The largest absolute Gasteiger partial charge is 0.484 e. The van der Waals surface area contributed by atoms with Crippen LogP contribution < -0.4 is 15.4 Å². The van der Waals surface area contributed by atoms with Crippen LogP contribution in [0.15, 0.2) is 78.9 Å². The molecule has 5 nitrogen and oxygen atoms in total. The summed E-state index contributed by atoms with van der Waals surface area (Å²) in [6, 6.07) is 24.2. The quantitative estimate of drug-likeness (QED) is 0.521. The second-order valence-electron chi connectivity index (χ2n) is 8.76. The first-order chi connectivity index (χ1) is 15.2. The summed E-state index contributed by atoms with van der Waals surface area (Å²) in [5.74, 6) is 0.0352. The summed E-state index contributed by atoms with van der Waals surface area (Å²) in [5.41, 5.74) is 3.10. The smallest absolute Gasteiger partial charge is 0.262 e. The van der Waals surface area contributed by atoms with E-state index in [2.05, 4.69) is 31.4 Å². The molecule has 32 heavy (non-hydrogen) atoms. The molecule has 3 aromatic rings. The molecule has 166 valence electrons. The van der Waals surface area contributed by atoms with Crippen molar-refractivity contribution in [1.29, 1.82) is 0 Å². The Morgan fingerprint density at radius 2 is 1.50 bits per heavy atom. The van der Waals surface area contributed by atoms with Crippen LogP contribution in [0.2, 0.25) is 0 Å². The van der Waals surface area contributed by atoms with Gasteiger partial charge in [-0.25, -0.2) is 0 Å². The van der Waals surface area contributed by atoms with Crippen molar-refractivity contribution in [3.05, 3.63) is 95.6 Å². The van der Waals surface area contributed by atoms with Crippen molar-refractivity contribution in [3.63, 3.8) is 0 Å². The Balaban J connectivity index is 1.60. The van der Waals surface area contributed by atoms with E-state index in [1.807, 2.05) is 61.5 Å². The van der Waals surface area contributed by atoms with E-state index in [0.29, 0.717) is 17.0 Å². The zero-order valence-electron chi connectivity index (χ0n) is 19.0. The zero-order chi connectivity index (χ0) is 23.1. The van der Waals surface area contributed by atoms with Crippen molar-refractivity contribution < 1.29 is 14.3 Å². The normalized spacial score (nSPS) is 12.0. The van der Waals surface area contributed by atoms with Crippen LogP contribution in [0, 0.1) is 0 Å². The molecule has 0 saturated carbocycles. The Bertz CT molecular complexity index is 1050. The predicted octanol–water partition coefficient (Wildman–Crippen LogP) is 5.49. The molecule has 0 aliphatic rings. The Morgan fingerprint density at radius 3 is 2.16 bits per heavy atom. The second-order valence-corrected chi connectivity index (χ2v) is 8.76. The molecule has 1 atom stereocenters. The van der Waals surface area contributed by atoms with Crippen molar-refractivity contribution in [1.82, 2.24) is 5.32 Å². The number of rotatable bonds is 7. The Hall–Kier alpha value is -3.60. The van der Waals surface area contributed by atoms with Crippen LogP contribution in [-0.4, -0.2) is 18.4 Å². The molecule has 0 radical (unpaired) electrons. The van der Waals surface area contributed by atoms with Gasteiger partial charge in [-0.1, -0.05) is 75.4 Å². The van der Waals surface area contributed by atoms with E-state index in [1.54, 1.807) is 24.3 Å². The molecule has 3 rings (SSSR count). The van der Waals surface area contributed by atoms with E-state index in [-0.39, 0.29) is 29.9 Å². The van der Waals surface area contributed by atoms with Gasteiger partial charge in [0.1, 0.15) is 5.75 Å². The van der Waals surface area contributed by atoms with Gasteiger partial charge in [-0.2, -0.15) is 0 Å². The number of hydrogen-bond donors (Lipinski definition) is 2. The highest BCUT2D eigenvalue weighted by molar-refractivity contribution is 6.04. The number of amides is 2. The summed E-state index contributed by atoms with van der Waals surface area (Å²) in [7, 11) is 0. The lowest BCUT2D eigenvalue weighted by atomic mass is 9.87. The molecule has 0 aromatic heterocycles. The van der Waals surface area contributed by atoms with Gasteiger partial charge < -0.3 is 15.4 Å². The Kier molecular flexibility index (Phi) is 7.31. The Morgan fingerprint density at radius 1 is 0.875 bits per heavy atom. The minimum atomic E-state index is -0.332. The van der Waals surface area contributed by atoms with Gasteiger partial charge in [0, 0.05) is 0 Å². The van der Waals surface area contributed by atoms with Gasteiger partial charge in [0.25, 0.3) is 11.8 Å². The number of carbonyl (C=O) groups is 2. The lowest BCUT2D eigenvalue weighted by molar-refractivity contribution is -0.118. The predicted molar refractivity (Wildman–Crippen MR) is 128 cm³/mol. The lowest BCUT2D eigenvalue weighted by Gasteiger charge is -2.19. The zero-order valence-corrected chi connectivity index (χ0v) is 19.0. The van der Waals surface area contributed by atoms with Crippen LogP contribution >= 0.6 is 0 Å². The number of nitrogens with one attached hydrogen (secondary N) is 2. The third-order valence-electron chi connectivity index (χ3n) is 5.18. The van der Waals surface area contributed by atoms with Gasteiger partial charge in [-0.3, -0.25) is 9.59 Å². The molecular weight excluding hydrogens is 400 g/mol. The number of carbonyl (C=O) groups excluding carboxylic acids is 2. The van der Waals surface area contributed by atoms with Crippen LogP contribution in [0.4, 0.5) is 5.69 Å². The van der Waals surface area contributed by atoms with Gasteiger partial charge in [0.2, 0.25) is 0 Å². The monoisotopic (exact) mass is 430 g/mol. The maximum atomic E-state index is 12.8.